The molecule has 0 aliphatic heterocycles. The van der Waals surface area contributed by atoms with Gasteiger partial charge in [0.25, 0.3) is 0 Å². The second-order valence-electron chi connectivity index (χ2n) is 12.4. The van der Waals surface area contributed by atoms with Crippen LogP contribution in [0.2, 0.25) is 0 Å². The molecule has 0 heterocycles. The van der Waals surface area contributed by atoms with E-state index in [1.165, 1.54) is 0 Å². The molecule has 0 fully saturated rings. The van der Waals surface area contributed by atoms with Crippen molar-refractivity contribution in [1.29, 1.82) is 0 Å². The van der Waals surface area contributed by atoms with Crippen LogP contribution in [0.5, 0.6) is 11.5 Å². The number of methoxy groups -OCH3 is 2. The fourth-order valence-electron chi connectivity index (χ4n) is 4.98. The highest BCUT2D eigenvalue weighted by molar-refractivity contribution is 6.02. The van der Waals surface area contributed by atoms with Gasteiger partial charge >= 0.3 is 0 Å². The Bertz CT molecular complexity index is 1350. The van der Waals surface area contributed by atoms with E-state index >= 15 is 0 Å². The van der Waals surface area contributed by atoms with Gasteiger partial charge in [0.2, 0.25) is 0 Å². The van der Waals surface area contributed by atoms with Crippen LogP contribution in [0.4, 0.5) is 0 Å². The Morgan fingerprint density at radius 1 is 0.739 bits per heavy atom. The van der Waals surface area contributed by atoms with Crippen LogP contribution >= 0.6 is 0 Å². The lowest BCUT2D eigenvalue weighted by molar-refractivity contribution is -0.131. The van der Waals surface area contributed by atoms with Crippen molar-refractivity contribution in [3.8, 4) is 11.5 Å². The van der Waals surface area contributed by atoms with Crippen LogP contribution in [0.25, 0.3) is 0 Å². The van der Waals surface area contributed by atoms with Crippen molar-refractivity contribution in [2.45, 2.75) is 79.0 Å². The molecule has 0 N–H and O–H groups in total. The number of hydrogen-bond donors (Lipinski definition) is 0. The Morgan fingerprint density at radius 2 is 1.28 bits per heavy atom. The van der Waals surface area contributed by atoms with Gasteiger partial charge in [0, 0.05) is 11.8 Å². The number of Topliss-reactive ketones (excluding diaryl/α,β-unsaturated/α-hetero) is 2. The molecule has 7 heteroatoms. The van der Waals surface area contributed by atoms with Gasteiger partial charge in [-0.2, -0.15) is 0 Å². The molecule has 0 unspecified atom stereocenters. The van der Waals surface area contributed by atoms with E-state index in [9.17, 15) is 9.59 Å². The average Bonchev–Trinajstić information content (AvgIpc) is 3.06. The van der Waals surface area contributed by atoms with Gasteiger partial charge in [-0.25, -0.2) is 0 Å². The summed E-state index contributed by atoms with van der Waals surface area (Å²) in [6, 6.07) is 25.5. The van der Waals surface area contributed by atoms with Crippen LogP contribution in [-0.4, -0.2) is 44.6 Å². The van der Waals surface area contributed by atoms with Crippen LogP contribution in [0, 0.1) is 11.3 Å². The molecule has 3 aromatic rings. The number of ether oxygens (including phenoxy) is 5. The second-order valence-corrected chi connectivity index (χ2v) is 12.4. The summed E-state index contributed by atoms with van der Waals surface area (Å²) in [6.07, 6.45) is 4.05. The van der Waals surface area contributed by atoms with Gasteiger partial charge in [0.15, 0.2) is 0 Å². The van der Waals surface area contributed by atoms with E-state index in [2.05, 4.69) is 0 Å². The van der Waals surface area contributed by atoms with Crippen molar-refractivity contribution in [2.75, 3.05) is 20.8 Å². The fraction of sp³-hybridized carbons (Fsp3) is 0.436. The standard InChI is InChI=1S/C39H50O7/c1-29(23-34(40)25-38(41)39(3,4)21-10-22-44-26-32-13-17-35(42-5)18-14-32)24-37(30(2)45-27-31-11-8-7-9-12-31)46-28-33-15-19-36(43-6)20-16-33/h7-21,29-30,37H,22-28H2,1-6H3/b21-10+/t29-,30+,37+/m0/s1. The normalized spacial score (nSPS) is 13.7. The minimum Gasteiger partial charge on any atom is -0.497 e. The molecule has 3 rings (SSSR count). The Balaban J connectivity index is 1.49. The van der Waals surface area contributed by atoms with Crippen molar-refractivity contribution in [2.24, 2.45) is 11.3 Å². The monoisotopic (exact) mass is 630 g/mol. The quantitative estimate of drug-likeness (QED) is 0.0672. The largest absolute Gasteiger partial charge is 0.497 e. The first kappa shape index (κ1) is 36.7. The molecule has 0 spiro atoms. The molecular weight excluding hydrogens is 580 g/mol. The van der Waals surface area contributed by atoms with E-state index in [1.807, 2.05) is 119 Å². The van der Waals surface area contributed by atoms with Crippen molar-refractivity contribution in [3.63, 3.8) is 0 Å². The molecule has 0 amide bonds. The summed E-state index contributed by atoms with van der Waals surface area (Å²) in [6.45, 7) is 9.42. The molecule has 0 bridgehead atoms. The third-order valence-corrected chi connectivity index (χ3v) is 7.97. The number of allylic oxidation sites excluding steroid dienone is 1. The van der Waals surface area contributed by atoms with Crippen molar-refractivity contribution in [1.82, 2.24) is 0 Å². The van der Waals surface area contributed by atoms with Crippen LogP contribution in [0.1, 0.15) is 63.6 Å². The number of rotatable bonds is 21. The molecule has 7 nitrogen and oxygen atoms in total. The first-order valence-electron chi connectivity index (χ1n) is 15.9. The summed E-state index contributed by atoms with van der Waals surface area (Å²) in [5, 5.41) is 0. The number of benzene rings is 3. The highest BCUT2D eigenvalue weighted by atomic mass is 16.5. The summed E-state index contributed by atoms with van der Waals surface area (Å²) in [5.41, 5.74) is 2.38. The van der Waals surface area contributed by atoms with Gasteiger partial charge in [-0.1, -0.05) is 73.7 Å². The first-order chi connectivity index (χ1) is 22.1. The minimum absolute atomic E-state index is 0.00829. The molecule has 0 aliphatic carbocycles. The number of carbonyl (C=O) groups excluding carboxylic acids is 2. The van der Waals surface area contributed by atoms with Gasteiger partial charge in [-0.05, 0) is 74.1 Å². The maximum atomic E-state index is 13.1. The van der Waals surface area contributed by atoms with Crippen LogP contribution in [0.3, 0.4) is 0 Å². The number of ketones is 2. The molecule has 248 valence electrons. The van der Waals surface area contributed by atoms with Crippen molar-refractivity contribution < 1.29 is 33.3 Å². The molecule has 46 heavy (non-hydrogen) atoms. The Labute approximate surface area is 274 Å². The molecule has 0 aromatic heterocycles. The molecule has 0 aliphatic rings. The predicted octanol–water partition coefficient (Wildman–Crippen LogP) is 7.94. The maximum Gasteiger partial charge on any atom is 0.149 e. The summed E-state index contributed by atoms with van der Waals surface area (Å²) in [7, 11) is 3.28. The van der Waals surface area contributed by atoms with E-state index in [0.29, 0.717) is 39.3 Å². The van der Waals surface area contributed by atoms with E-state index in [-0.39, 0.29) is 36.1 Å². The van der Waals surface area contributed by atoms with E-state index in [0.717, 1.165) is 28.2 Å². The van der Waals surface area contributed by atoms with Crippen LogP contribution < -0.4 is 9.47 Å². The third-order valence-electron chi connectivity index (χ3n) is 7.97. The highest BCUT2D eigenvalue weighted by Gasteiger charge is 2.28. The zero-order valence-electron chi connectivity index (χ0n) is 28.2. The SMILES string of the molecule is COc1ccc(COC/C=C/C(C)(C)C(=O)CC(=O)C[C@H](C)C[C@@H](OCc2ccc(OC)cc2)[C@@H](C)OCc2ccccc2)cc1. The molecular formula is C39H50O7. The smallest absolute Gasteiger partial charge is 0.149 e. The summed E-state index contributed by atoms with van der Waals surface area (Å²) >= 11 is 0. The third kappa shape index (κ3) is 12.9. The van der Waals surface area contributed by atoms with Gasteiger partial charge in [0.1, 0.15) is 23.1 Å². The number of carbonyl (C=O) groups is 2. The maximum absolute atomic E-state index is 13.1. The Hall–Kier alpha value is -3.78. The minimum atomic E-state index is -0.772. The van der Waals surface area contributed by atoms with Crippen molar-refractivity contribution >= 4 is 11.6 Å². The van der Waals surface area contributed by atoms with Gasteiger partial charge in [-0.15, -0.1) is 0 Å². The van der Waals surface area contributed by atoms with Gasteiger partial charge < -0.3 is 23.7 Å². The Morgan fingerprint density at radius 3 is 1.87 bits per heavy atom. The summed E-state index contributed by atoms with van der Waals surface area (Å²) in [4.78, 5) is 26.1. The zero-order chi connectivity index (χ0) is 33.4. The second kappa shape index (κ2) is 19.0. The van der Waals surface area contributed by atoms with Crippen molar-refractivity contribution in [3.05, 3.63) is 108 Å². The predicted molar refractivity (Wildman–Crippen MR) is 181 cm³/mol. The van der Waals surface area contributed by atoms with Gasteiger partial charge in [0.05, 0.1) is 59.3 Å². The topological polar surface area (TPSA) is 80.3 Å². The molecule has 3 atom stereocenters. The summed E-state index contributed by atoms with van der Waals surface area (Å²) in [5.74, 6) is 1.42. The van der Waals surface area contributed by atoms with E-state index < -0.39 is 5.41 Å². The lowest BCUT2D eigenvalue weighted by atomic mass is 9.83. The lowest BCUT2D eigenvalue weighted by Crippen LogP contribution is -2.32. The molecule has 0 saturated carbocycles. The lowest BCUT2D eigenvalue weighted by Gasteiger charge is -2.27. The summed E-state index contributed by atoms with van der Waals surface area (Å²) < 4.78 is 28.8. The van der Waals surface area contributed by atoms with E-state index in [1.54, 1.807) is 14.2 Å². The van der Waals surface area contributed by atoms with Crippen LogP contribution in [-0.2, 0) is 43.6 Å². The van der Waals surface area contributed by atoms with E-state index in [4.69, 9.17) is 23.7 Å². The first-order valence-corrected chi connectivity index (χ1v) is 15.9. The average molecular weight is 631 g/mol. The molecule has 0 radical (unpaired) electrons. The Kier molecular flexibility index (Phi) is 15.2. The number of hydrogen-bond acceptors (Lipinski definition) is 7. The van der Waals surface area contributed by atoms with Crippen LogP contribution in [0.15, 0.2) is 91.0 Å². The molecule has 3 aromatic carbocycles. The molecule has 0 saturated heterocycles. The van der Waals surface area contributed by atoms with Gasteiger partial charge in [-0.3, -0.25) is 9.59 Å². The fourth-order valence-corrected chi connectivity index (χ4v) is 4.98. The zero-order valence-corrected chi connectivity index (χ0v) is 28.2. The highest BCUT2D eigenvalue weighted by Crippen LogP contribution is 2.25.